The molecule has 0 aliphatic heterocycles. The predicted molar refractivity (Wildman–Crippen MR) is 68.6 cm³/mol. The van der Waals surface area contributed by atoms with Crippen LogP contribution in [0.2, 0.25) is 0 Å². The van der Waals surface area contributed by atoms with Crippen molar-refractivity contribution in [3.05, 3.63) is 18.0 Å². The van der Waals surface area contributed by atoms with Gasteiger partial charge in [0.15, 0.2) is 0 Å². The average Bonchev–Trinajstić information content (AvgIpc) is 2.62. The fraction of sp³-hybridized carbons (Fsp3) is 0.769. The molecular weight excluding hydrogens is 198 g/mol. The molecule has 0 saturated heterocycles. The molecule has 3 heteroatoms. The molecule has 1 rings (SSSR count). The molecule has 0 saturated carbocycles. The fourth-order valence-corrected chi connectivity index (χ4v) is 1.80. The molecule has 0 atom stereocenters. The van der Waals surface area contributed by atoms with Crippen LogP contribution in [0.1, 0.15) is 45.9 Å². The molecule has 0 aliphatic carbocycles. The third-order valence-corrected chi connectivity index (χ3v) is 2.90. The molecule has 0 unspecified atom stereocenters. The number of aromatic nitrogens is 2. The summed E-state index contributed by atoms with van der Waals surface area (Å²) in [6, 6.07) is 2.59. The van der Waals surface area contributed by atoms with E-state index in [1.165, 1.54) is 12.1 Å². The maximum Gasteiger partial charge on any atom is 0.0630 e. The molecule has 0 aliphatic rings. The minimum absolute atomic E-state index is 0.319. The maximum atomic E-state index is 4.60. The first-order valence-corrected chi connectivity index (χ1v) is 6.13. The van der Waals surface area contributed by atoms with Crippen molar-refractivity contribution in [3.63, 3.8) is 0 Å². The van der Waals surface area contributed by atoms with E-state index in [4.69, 9.17) is 0 Å². The van der Waals surface area contributed by atoms with Gasteiger partial charge in [-0.1, -0.05) is 13.8 Å². The van der Waals surface area contributed by atoms with Crippen LogP contribution in [0.5, 0.6) is 0 Å². The Hall–Kier alpha value is -0.830. The number of hydrogen-bond acceptors (Lipinski definition) is 2. The molecule has 92 valence electrons. The Kier molecular flexibility index (Phi) is 4.54. The number of rotatable bonds is 6. The van der Waals surface area contributed by atoms with Crippen LogP contribution in [-0.4, -0.2) is 23.4 Å². The van der Waals surface area contributed by atoms with Crippen LogP contribution in [-0.2, 0) is 6.42 Å². The Bertz CT molecular complexity index is 313. The van der Waals surface area contributed by atoms with Crippen LogP contribution in [0.3, 0.4) is 0 Å². The maximum absolute atomic E-state index is 4.60. The van der Waals surface area contributed by atoms with Crippen molar-refractivity contribution in [2.75, 3.05) is 13.6 Å². The quantitative estimate of drug-likeness (QED) is 0.803. The van der Waals surface area contributed by atoms with Crippen molar-refractivity contribution < 1.29 is 0 Å². The van der Waals surface area contributed by atoms with Gasteiger partial charge >= 0.3 is 0 Å². The van der Waals surface area contributed by atoms with Crippen LogP contribution in [0.25, 0.3) is 0 Å². The second kappa shape index (κ2) is 5.48. The summed E-state index contributed by atoms with van der Waals surface area (Å²) < 4.78 is 2.03. The SMILES string of the molecule is CNCCC(C)(C)Cc1ccn(C(C)C)n1. The first-order valence-electron chi connectivity index (χ1n) is 6.13. The monoisotopic (exact) mass is 223 g/mol. The van der Waals surface area contributed by atoms with Crippen molar-refractivity contribution in [2.24, 2.45) is 5.41 Å². The van der Waals surface area contributed by atoms with E-state index in [1.807, 2.05) is 11.7 Å². The lowest BCUT2D eigenvalue weighted by molar-refractivity contribution is 0.324. The van der Waals surface area contributed by atoms with Crippen molar-refractivity contribution in [3.8, 4) is 0 Å². The summed E-state index contributed by atoms with van der Waals surface area (Å²) in [5.74, 6) is 0. The molecule has 0 bridgehead atoms. The summed E-state index contributed by atoms with van der Waals surface area (Å²) in [4.78, 5) is 0. The highest BCUT2D eigenvalue weighted by Gasteiger charge is 2.19. The molecule has 1 aromatic rings. The Morgan fingerprint density at radius 1 is 1.44 bits per heavy atom. The lowest BCUT2D eigenvalue weighted by Crippen LogP contribution is -2.22. The van der Waals surface area contributed by atoms with Crippen molar-refractivity contribution in [2.45, 2.75) is 46.6 Å². The third kappa shape index (κ3) is 3.97. The Balaban J connectivity index is 2.57. The van der Waals surface area contributed by atoms with E-state index in [9.17, 15) is 0 Å². The number of nitrogens with zero attached hydrogens (tertiary/aromatic N) is 2. The minimum Gasteiger partial charge on any atom is -0.320 e. The molecule has 1 N–H and O–H groups in total. The standard InChI is InChI=1S/C13H25N3/c1-11(2)16-9-6-12(15-16)10-13(3,4)7-8-14-5/h6,9,11,14H,7-8,10H2,1-5H3. The topological polar surface area (TPSA) is 29.9 Å². The van der Waals surface area contributed by atoms with Gasteiger partial charge in [0.05, 0.1) is 5.69 Å². The van der Waals surface area contributed by atoms with Gasteiger partial charge in [0, 0.05) is 12.2 Å². The van der Waals surface area contributed by atoms with E-state index < -0.39 is 0 Å². The first kappa shape index (κ1) is 13.2. The number of nitrogens with one attached hydrogen (secondary N) is 1. The second-order valence-electron chi connectivity index (χ2n) is 5.58. The summed E-state index contributed by atoms with van der Waals surface area (Å²) in [6.07, 6.45) is 4.31. The Morgan fingerprint density at radius 2 is 2.12 bits per heavy atom. The van der Waals surface area contributed by atoms with Gasteiger partial charge in [-0.2, -0.15) is 5.10 Å². The molecule has 0 aromatic carbocycles. The van der Waals surface area contributed by atoms with E-state index in [1.54, 1.807) is 0 Å². The minimum atomic E-state index is 0.319. The average molecular weight is 223 g/mol. The van der Waals surface area contributed by atoms with Gasteiger partial charge in [0.25, 0.3) is 0 Å². The summed E-state index contributed by atoms with van der Waals surface area (Å²) in [5, 5.41) is 7.81. The highest BCUT2D eigenvalue weighted by Crippen LogP contribution is 2.24. The zero-order chi connectivity index (χ0) is 12.2. The lowest BCUT2D eigenvalue weighted by atomic mass is 9.84. The van der Waals surface area contributed by atoms with Crippen LogP contribution >= 0.6 is 0 Å². The second-order valence-corrected chi connectivity index (χ2v) is 5.58. The van der Waals surface area contributed by atoms with Crippen molar-refractivity contribution >= 4 is 0 Å². The van der Waals surface area contributed by atoms with Gasteiger partial charge < -0.3 is 5.32 Å². The van der Waals surface area contributed by atoms with Crippen LogP contribution < -0.4 is 5.32 Å². The van der Waals surface area contributed by atoms with Crippen LogP contribution in [0, 0.1) is 5.41 Å². The smallest absolute Gasteiger partial charge is 0.0630 e. The summed E-state index contributed by atoms with van der Waals surface area (Å²) >= 11 is 0. The molecule has 0 radical (unpaired) electrons. The molecule has 1 heterocycles. The molecule has 1 aromatic heterocycles. The predicted octanol–water partition coefficient (Wildman–Crippen LogP) is 2.64. The summed E-state index contributed by atoms with van der Waals surface area (Å²) in [6.45, 7) is 9.99. The fourth-order valence-electron chi connectivity index (χ4n) is 1.80. The van der Waals surface area contributed by atoms with E-state index in [0.29, 0.717) is 11.5 Å². The Morgan fingerprint density at radius 3 is 2.62 bits per heavy atom. The van der Waals surface area contributed by atoms with Gasteiger partial charge in [0.1, 0.15) is 0 Å². The van der Waals surface area contributed by atoms with Gasteiger partial charge in [-0.05, 0) is 51.8 Å². The van der Waals surface area contributed by atoms with E-state index in [2.05, 4.69) is 50.4 Å². The lowest BCUT2D eigenvalue weighted by Gasteiger charge is -2.23. The molecular formula is C13H25N3. The molecule has 3 nitrogen and oxygen atoms in total. The van der Waals surface area contributed by atoms with Crippen LogP contribution in [0.15, 0.2) is 12.3 Å². The van der Waals surface area contributed by atoms with Gasteiger partial charge in [-0.15, -0.1) is 0 Å². The van der Waals surface area contributed by atoms with Crippen molar-refractivity contribution in [1.82, 2.24) is 15.1 Å². The van der Waals surface area contributed by atoms with Gasteiger partial charge in [-0.3, -0.25) is 4.68 Å². The zero-order valence-corrected chi connectivity index (χ0v) is 11.2. The zero-order valence-electron chi connectivity index (χ0n) is 11.2. The van der Waals surface area contributed by atoms with Gasteiger partial charge in [-0.25, -0.2) is 0 Å². The first-order chi connectivity index (χ1) is 7.44. The highest BCUT2D eigenvalue weighted by atomic mass is 15.3. The molecule has 0 amide bonds. The van der Waals surface area contributed by atoms with E-state index >= 15 is 0 Å². The highest BCUT2D eigenvalue weighted by molar-refractivity contribution is 5.02. The van der Waals surface area contributed by atoms with Crippen LogP contribution in [0.4, 0.5) is 0 Å². The van der Waals surface area contributed by atoms with Crippen molar-refractivity contribution in [1.29, 1.82) is 0 Å². The van der Waals surface area contributed by atoms with E-state index in [0.717, 1.165) is 13.0 Å². The largest absolute Gasteiger partial charge is 0.320 e. The third-order valence-electron chi connectivity index (χ3n) is 2.90. The molecule has 16 heavy (non-hydrogen) atoms. The Labute approximate surface area is 99.2 Å². The summed E-state index contributed by atoms with van der Waals surface area (Å²) in [7, 11) is 2.00. The normalized spacial score (nSPS) is 12.4. The number of hydrogen-bond donors (Lipinski definition) is 1. The van der Waals surface area contributed by atoms with E-state index in [-0.39, 0.29) is 0 Å². The summed E-state index contributed by atoms with van der Waals surface area (Å²) in [5.41, 5.74) is 1.52. The molecule has 0 fully saturated rings. The van der Waals surface area contributed by atoms with Gasteiger partial charge in [0.2, 0.25) is 0 Å². The molecule has 0 spiro atoms.